The van der Waals surface area contributed by atoms with Gasteiger partial charge in [0.15, 0.2) is 5.78 Å². The smallest absolute Gasteiger partial charge is 0.197 e. The van der Waals surface area contributed by atoms with E-state index in [9.17, 15) is 4.79 Å². The number of hydrogen-bond acceptors (Lipinski definition) is 2. The lowest BCUT2D eigenvalue weighted by Gasteiger charge is -2.15. The molecule has 0 heterocycles. The molecule has 0 amide bonds. The van der Waals surface area contributed by atoms with Gasteiger partial charge in [0, 0.05) is 10.0 Å². The second kappa shape index (κ2) is 5.80. The van der Waals surface area contributed by atoms with Crippen molar-refractivity contribution in [2.45, 2.75) is 20.8 Å². The molecule has 20 heavy (non-hydrogen) atoms. The number of ketones is 1. The van der Waals surface area contributed by atoms with Crippen LogP contribution in [0.1, 0.15) is 32.6 Å². The van der Waals surface area contributed by atoms with Crippen molar-refractivity contribution >= 4 is 21.7 Å². The molecule has 2 nitrogen and oxygen atoms in total. The van der Waals surface area contributed by atoms with Crippen LogP contribution >= 0.6 is 15.9 Å². The summed E-state index contributed by atoms with van der Waals surface area (Å²) < 4.78 is 6.36. The van der Waals surface area contributed by atoms with Crippen molar-refractivity contribution in [2.24, 2.45) is 0 Å². The molecule has 0 bridgehead atoms. The summed E-state index contributed by atoms with van der Waals surface area (Å²) in [6, 6.07) is 9.57. The average molecular weight is 333 g/mol. The van der Waals surface area contributed by atoms with Crippen molar-refractivity contribution in [3.63, 3.8) is 0 Å². The summed E-state index contributed by atoms with van der Waals surface area (Å²) in [4.78, 5) is 12.8. The summed E-state index contributed by atoms with van der Waals surface area (Å²) in [5, 5.41) is 0. The Labute approximate surface area is 127 Å². The third kappa shape index (κ3) is 2.63. The number of halogens is 1. The van der Waals surface area contributed by atoms with Crippen molar-refractivity contribution in [1.82, 2.24) is 0 Å². The minimum Gasteiger partial charge on any atom is -0.496 e. The van der Waals surface area contributed by atoms with E-state index in [2.05, 4.69) is 15.9 Å². The molecule has 0 saturated carbocycles. The topological polar surface area (TPSA) is 26.3 Å². The predicted molar refractivity (Wildman–Crippen MR) is 84.8 cm³/mol. The van der Waals surface area contributed by atoms with E-state index in [1.165, 1.54) is 0 Å². The van der Waals surface area contributed by atoms with Gasteiger partial charge >= 0.3 is 0 Å². The van der Waals surface area contributed by atoms with E-state index in [0.29, 0.717) is 16.9 Å². The van der Waals surface area contributed by atoms with E-state index in [0.717, 1.165) is 21.2 Å². The summed E-state index contributed by atoms with van der Waals surface area (Å²) in [5.41, 5.74) is 4.28. The monoisotopic (exact) mass is 332 g/mol. The van der Waals surface area contributed by atoms with Crippen molar-refractivity contribution < 1.29 is 9.53 Å². The minimum absolute atomic E-state index is 0.0104. The Morgan fingerprint density at radius 1 is 1.10 bits per heavy atom. The Morgan fingerprint density at radius 2 is 1.70 bits per heavy atom. The Bertz CT molecular complexity index is 658. The third-order valence-corrected chi connectivity index (χ3v) is 4.23. The first kappa shape index (κ1) is 14.8. The molecular weight excluding hydrogens is 316 g/mol. The second-order valence-corrected chi connectivity index (χ2v) is 5.76. The maximum absolute atomic E-state index is 12.8. The fourth-order valence-electron chi connectivity index (χ4n) is 2.24. The molecule has 0 radical (unpaired) electrons. The highest BCUT2D eigenvalue weighted by molar-refractivity contribution is 9.10. The molecular formula is C17H17BrO2. The molecule has 0 saturated heterocycles. The molecule has 0 aliphatic heterocycles. The summed E-state index contributed by atoms with van der Waals surface area (Å²) in [6.45, 7) is 5.87. The third-order valence-electron chi connectivity index (χ3n) is 3.41. The van der Waals surface area contributed by atoms with Crippen LogP contribution in [0, 0.1) is 20.8 Å². The Hall–Kier alpha value is -1.61. The fraction of sp³-hybridized carbons (Fsp3) is 0.235. The van der Waals surface area contributed by atoms with Gasteiger partial charge in [0.2, 0.25) is 0 Å². The molecule has 2 aromatic carbocycles. The van der Waals surface area contributed by atoms with Crippen LogP contribution in [0.15, 0.2) is 34.8 Å². The molecule has 0 unspecified atom stereocenters. The van der Waals surface area contributed by atoms with E-state index >= 15 is 0 Å². The van der Waals surface area contributed by atoms with Crippen molar-refractivity contribution in [3.05, 3.63) is 62.6 Å². The SMILES string of the molecule is COc1c(C)cc(Br)c(C)c1C(=O)c1ccc(C)cc1. The summed E-state index contributed by atoms with van der Waals surface area (Å²) in [7, 11) is 1.60. The number of carbonyl (C=O) groups excluding carboxylic acids is 1. The maximum atomic E-state index is 12.8. The molecule has 2 rings (SSSR count). The summed E-state index contributed by atoms with van der Waals surface area (Å²) >= 11 is 3.50. The van der Waals surface area contributed by atoms with Crippen LogP contribution in [0.5, 0.6) is 5.75 Å². The van der Waals surface area contributed by atoms with Crippen LogP contribution in [-0.4, -0.2) is 12.9 Å². The van der Waals surface area contributed by atoms with Crippen molar-refractivity contribution in [1.29, 1.82) is 0 Å². The molecule has 0 spiro atoms. The van der Waals surface area contributed by atoms with Gasteiger partial charge in [-0.2, -0.15) is 0 Å². The number of carbonyl (C=O) groups is 1. The van der Waals surface area contributed by atoms with E-state index in [4.69, 9.17) is 4.74 Å². The number of benzene rings is 2. The van der Waals surface area contributed by atoms with Gasteiger partial charge in [0.05, 0.1) is 12.7 Å². The predicted octanol–water partition coefficient (Wildman–Crippen LogP) is 4.61. The molecule has 0 fully saturated rings. The molecule has 2 aromatic rings. The van der Waals surface area contributed by atoms with Crippen LogP contribution in [0.25, 0.3) is 0 Å². The maximum Gasteiger partial charge on any atom is 0.197 e. The first-order valence-electron chi connectivity index (χ1n) is 6.40. The molecule has 0 N–H and O–H groups in total. The van der Waals surface area contributed by atoms with Crippen molar-refractivity contribution in [2.75, 3.05) is 7.11 Å². The standard InChI is InChI=1S/C17H17BrO2/c1-10-5-7-13(8-6-10)16(19)15-12(3)14(18)9-11(2)17(15)20-4/h5-9H,1-4H3. The number of hydrogen-bond donors (Lipinski definition) is 0. The second-order valence-electron chi connectivity index (χ2n) is 4.90. The molecule has 0 aromatic heterocycles. The Balaban J connectivity index is 2.62. The normalized spacial score (nSPS) is 10.4. The average Bonchev–Trinajstić information content (AvgIpc) is 2.42. The van der Waals surface area contributed by atoms with Crippen LogP contribution in [0.2, 0.25) is 0 Å². The molecule has 104 valence electrons. The highest BCUT2D eigenvalue weighted by Gasteiger charge is 2.20. The molecule has 0 aliphatic rings. The lowest BCUT2D eigenvalue weighted by Crippen LogP contribution is -2.08. The van der Waals surface area contributed by atoms with Gasteiger partial charge < -0.3 is 4.74 Å². The molecule has 0 atom stereocenters. The lowest BCUT2D eigenvalue weighted by atomic mass is 9.95. The van der Waals surface area contributed by atoms with E-state index in [1.807, 2.05) is 51.1 Å². The fourth-order valence-corrected chi connectivity index (χ4v) is 2.78. The van der Waals surface area contributed by atoms with E-state index in [1.54, 1.807) is 7.11 Å². The van der Waals surface area contributed by atoms with Crippen LogP contribution in [0.4, 0.5) is 0 Å². The zero-order valence-corrected chi connectivity index (χ0v) is 13.7. The largest absolute Gasteiger partial charge is 0.496 e. The first-order chi connectivity index (χ1) is 9.45. The van der Waals surface area contributed by atoms with Gasteiger partial charge in [-0.1, -0.05) is 45.8 Å². The zero-order valence-electron chi connectivity index (χ0n) is 12.1. The van der Waals surface area contributed by atoms with Gasteiger partial charge in [-0.05, 0) is 38.0 Å². The van der Waals surface area contributed by atoms with E-state index in [-0.39, 0.29) is 5.78 Å². The minimum atomic E-state index is -0.0104. The molecule has 0 aliphatic carbocycles. The molecule has 3 heteroatoms. The highest BCUT2D eigenvalue weighted by Crippen LogP contribution is 2.33. The van der Waals surface area contributed by atoms with Gasteiger partial charge in [0.25, 0.3) is 0 Å². The highest BCUT2D eigenvalue weighted by atomic mass is 79.9. The number of aryl methyl sites for hydroxylation is 2. The lowest BCUT2D eigenvalue weighted by molar-refractivity contribution is 0.103. The van der Waals surface area contributed by atoms with Crippen LogP contribution in [0.3, 0.4) is 0 Å². The quantitative estimate of drug-likeness (QED) is 0.767. The Morgan fingerprint density at radius 3 is 2.25 bits per heavy atom. The summed E-state index contributed by atoms with van der Waals surface area (Å²) in [5.74, 6) is 0.639. The van der Waals surface area contributed by atoms with E-state index < -0.39 is 0 Å². The number of methoxy groups -OCH3 is 1. The van der Waals surface area contributed by atoms with Gasteiger partial charge in [-0.25, -0.2) is 0 Å². The van der Waals surface area contributed by atoms with Gasteiger partial charge in [-0.15, -0.1) is 0 Å². The zero-order chi connectivity index (χ0) is 14.9. The van der Waals surface area contributed by atoms with Gasteiger partial charge in [-0.3, -0.25) is 4.79 Å². The van der Waals surface area contributed by atoms with Crippen LogP contribution < -0.4 is 4.74 Å². The van der Waals surface area contributed by atoms with Gasteiger partial charge in [0.1, 0.15) is 5.75 Å². The number of rotatable bonds is 3. The first-order valence-corrected chi connectivity index (χ1v) is 7.20. The van der Waals surface area contributed by atoms with Crippen molar-refractivity contribution in [3.8, 4) is 5.75 Å². The Kier molecular flexibility index (Phi) is 4.29. The summed E-state index contributed by atoms with van der Waals surface area (Å²) in [6.07, 6.45) is 0. The number of ether oxygens (including phenoxy) is 1. The van der Waals surface area contributed by atoms with Crippen LogP contribution in [-0.2, 0) is 0 Å².